The van der Waals surface area contributed by atoms with Crippen LogP contribution in [0.1, 0.15) is 34.7 Å². The smallest absolute Gasteiger partial charge is 0.277 e. The molecule has 3 aromatic rings. The summed E-state index contributed by atoms with van der Waals surface area (Å²) in [6.07, 6.45) is 3.33. The maximum absolute atomic E-state index is 12.7. The first-order chi connectivity index (χ1) is 13.0. The number of ketones is 1. The number of ether oxygens (including phenoxy) is 1. The SMILES string of the molecule is COC[C@H](C)n1c(C)cc(C(=O)CSc2nnc(-c3cccnc3)o2)c1C. The van der Waals surface area contributed by atoms with Gasteiger partial charge in [0.25, 0.3) is 5.22 Å². The molecule has 27 heavy (non-hydrogen) atoms. The van der Waals surface area contributed by atoms with E-state index in [9.17, 15) is 4.79 Å². The Kier molecular flexibility index (Phi) is 6.08. The number of nitrogens with zero attached hydrogens (tertiary/aromatic N) is 4. The topological polar surface area (TPSA) is 83.0 Å². The van der Waals surface area contributed by atoms with Gasteiger partial charge >= 0.3 is 0 Å². The summed E-state index contributed by atoms with van der Waals surface area (Å²) in [5.74, 6) is 0.659. The number of hydrogen-bond donors (Lipinski definition) is 0. The van der Waals surface area contributed by atoms with Gasteiger partial charge in [-0.15, -0.1) is 10.2 Å². The highest BCUT2D eigenvalue weighted by atomic mass is 32.2. The first-order valence-electron chi connectivity index (χ1n) is 8.58. The third-order valence-electron chi connectivity index (χ3n) is 4.28. The Hall–Kier alpha value is -2.45. The van der Waals surface area contributed by atoms with E-state index in [2.05, 4.69) is 26.7 Å². The molecular weight excluding hydrogens is 364 g/mol. The van der Waals surface area contributed by atoms with E-state index in [0.717, 1.165) is 22.5 Å². The van der Waals surface area contributed by atoms with Crippen molar-refractivity contribution < 1.29 is 13.9 Å². The van der Waals surface area contributed by atoms with Gasteiger partial charge in [0.05, 0.1) is 24.0 Å². The van der Waals surface area contributed by atoms with Crippen LogP contribution in [-0.4, -0.2) is 45.0 Å². The summed E-state index contributed by atoms with van der Waals surface area (Å²) in [4.78, 5) is 16.7. The Balaban J connectivity index is 1.68. The fourth-order valence-corrected chi connectivity index (χ4v) is 3.78. The fraction of sp³-hybridized carbons (Fsp3) is 0.368. The molecule has 0 aliphatic carbocycles. The molecule has 0 aromatic carbocycles. The number of aromatic nitrogens is 4. The Bertz CT molecular complexity index is 920. The van der Waals surface area contributed by atoms with Gasteiger partial charge in [-0.3, -0.25) is 9.78 Å². The summed E-state index contributed by atoms with van der Waals surface area (Å²) in [7, 11) is 1.68. The molecule has 1 atom stereocenters. The minimum Gasteiger partial charge on any atom is -0.411 e. The molecule has 3 rings (SSSR count). The zero-order valence-electron chi connectivity index (χ0n) is 15.8. The molecule has 0 radical (unpaired) electrons. The lowest BCUT2D eigenvalue weighted by atomic mass is 10.2. The van der Waals surface area contributed by atoms with Gasteiger partial charge in [-0.05, 0) is 39.0 Å². The van der Waals surface area contributed by atoms with Crippen molar-refractivity contribution in [1.29, 1.82) is 0 Å². The number of carbonyl (C=O) groups excluding carboxylic acids is 1. The van der Waals surface area contributed by atoms with Crippen molar-refractivity contribution >= 4 is 17.5 Å². The molecule has 142 valence electrons. The summed E-state index contributed by atoms with van der Waals surface area (Å²) in [6.45, 7) is 6.63. The number of thioether (sulfide) groups is 1. The van der Waals surface area contributed by atoms with E-state index in [4.69, 9.17) is 9.15 Å². The molecule has 7 nitrogen and oxygen atoms in total. The van der Waals surface area contributed by atoms with Gasteiger partial charge < -0.3 is 13.7 Å². The number of rotatable bonds is 8. The fourth-order valence-electron chi connectivity index (χ4n) is 3.13. The summed E-state index contributed by atoms with van der Waals surface area (Å²) in [5.41, 5.74) is 3.46. The van der Waals surface area contributed by atoms with Gasteiger partial charge in [0, 0.05) is 36.5 Å². The Morgan fingerprint density at radius 2 is 2.19 bits per heavy atom. The molecule has 3 aromatic heterocycles. The van der Waals surface area contributed by atoms with E-state index in [1.807, 2.05) is 26.0 Å². The van der Waals surface area contributed by atoms with Gasteiger partial charge in [0.15, 0.2) is 5.78 Å². The number of Topliss-reactive ketones (excluding diaryl/α,β-unsaturated/α-hetero) is 1. The molecule has 0 bridgehead atoms. The van der Waals surface area contributed by atoms with Gasteiger partial charge in [0.2, 0.25) is 5.89 Å². The molecular formula is C19H22N4O3S. The largest absolute Gasteiger partial charge is 0.411 e. The van der Waals surface area contributed by atoms with E-state index in [-0.39, 0.29) is 17.6 Å². The summed E-state index contributed by atoms with van der Waals surface area (Å²) in [6, 6.07) is 5.74. The molecule has 0 amide bonds. The quantitative estimate of drug-likeness (QED) is 0.431. The van der Waals surface area contributed by atoms with Crippen molar-refractivity contribution in [3.05, 3.63) is 47.5 Å². The van der Waals surface area contributed by atoms with Crippen LogP contribution in [0.4, 0.5) is 0 Å². The third-order valence-corrected chi connectivity index (χ3v) is 5.09. The molecule has 8 heteroatoms. The van der Waals surface area contributed by atoms with E-state index in [1.54, 1.807) is 25.6 Å². The van der Waals surface area contributed by atoms with Gasteiger partial charge in [0.1, 0.15) is 0 Å². The van der Waals surface area contributed by atoms with Gasteiger partial charge in [-0.1, -0.05) is 11.8 Å². The van der Waals surface area contributed by atoms with E-state index < -0.39 is 0 Å². The highest BCUT2D eigenvalue weighted by Crippen LogP contribution is 2.25. The number of hydrogen-bond acceptors (Lipinski definition) is 7. The first kappa shape index (κ1) is 19.3. The Morgan fingerprint density at radius 3 is 2.89 bits per heavy atom. The molecule has 3 heterocycles. The van der Waals surface area contributed by atoms with Crippen LogP contribution in [0.2, 0.25) is 0 Å². The second-order valence-electron chi connectivity index (χ2n) is 6.29. The maximum Gasteiger partial charge on any atom is 0.277 e. The van der Waals surface area contributed by atoms with Crippen LogP contribution in [0.15, 0.2) is 40.2 Å². The summed E-state index contributed by atoms with van der Waals surface area (Å²) in [5, 5.41) is 8.37. The van der Waals surface area contributed by atoms with Crippen molar-refractivity contribution in [3.8, 4) is 11.5 Å². The lowest BCUT2D eigenvalue weighted by molar-refractivity contribution is 0.102. The van der Waals surface area contributed by atoms with Crippen LogP contribution in [0.25, 0.3) is 11.5 Å². The van der Waals surface area contributed by atoms with E-state index in [1.165, 1.54) is 11.8 Å². The Labute approximate surface area is 162 Å². The average molecular weight is 386 g/mol. The highest BCUT2D eigenvalue weighted by molar-refractivity contribution is 7.99. The highest BCUT2D eigenvalue weighted by Gasteiger charge is 2.20. The van der Waals surface area contributed by atoms with Crippen molar-refractivity contribution in [2.75, 3.05) is 19.5 Å². The number of methoxy groups -OCH3 is 1. The predicted octanol–water partition coefficient (Wildman–Crippen LogP) is 3.73. The van der Waals surface area contributed by atoms with Gasteiger partial charge in [-0.25, -0.2) is 0 Å². The molecule has 0 fully saturated rings. The summed E-state index contributed by atoms with van der Waals surface area (Å²) >= 11 is 1.24. The minimum atomic E-state index is 0.0325. The molecule has 0 aliphatic rings. The second-order valence-corrected chi connectivity index (χ2v) is 7.21. The van der Waals surface area contributed by atoms with Crippen LogP contribution in [0, 0.1) is 13.8 Å². The molecule has 0 unspecified atom stereocenters. The lowest BCUT2D eigenvalue weighted by Gasteiger charge is -2.17. The molecule has 0 N–H and O–H groups in total. The number of aryl methyl sites for hydroxylation is 1. The van der Waals surface area contributed by atoms with Crippen LogP contribution in [0.5, 0.6) is 0 Å². The van der Waals surface area contributed by atoms with Crippen molar-refractivity contribution in [3.63, 3.8) is 0 Å². The van der Waals surface area contributed by atoms with Crippen LogP contribution >= 0.6 is 11.8 Å². The second kappa shape index (κ2) is 8.49. The first-order valence-corrected chi connectivity index (χ1v) is 9.57. The van der Waals surface area contributed by atoms with Gasteiger partial charge in [-0.2, -0.15) is 0 Å². The van der Waals surface area contributed by atoms with E-state index in [0.29, 0.717) is 17.7 Å². The van der Waals surface area contributed by atoms with E-state index >= 15 is 0 Å². The van der Waals surface area contributed by atoms with Crippen LogP contribution in [0.3, 0.4) is 0 Å². The minimum absolute atomic E-state index is 0.0325. The number of carbonyl (C=O) groups is 1. The molecule has 0 saturated carbocycles. The predicted molar refractivity (Wildman–Crippen MR) is 103 cm³/mol. The zero-order valence-corrected chi connectivity index (χ0v) is 16.6. The summed E-state index contributed by atoms with van der Waals surface area (Å²) < 4.78 is 13.0. The normalized spacial score (nSPS) is 12.3. The monoisotopic (exact) mass is 386 g/mol. The molecule has 0 saturated heterocycles. The van der Waals surface area contributed by atoms with Crippen molar-refractivity contribution in [1.82, 2.24) is 19.7 Å². The number of pyridine rings is 1. The Morgan fingerprint density at radius 1 is 1.37 bits per heavy atom. The zero-order chi connectivity index (χ0) is 19.4. The third kappa shape index (κ3) is 4.28. The van der Waals surface area contributed by atoms with Crippen molar-refractivity contribution in [2.45, 2.75) is 32.0 Å². The van der Waals surface area contributed by atoms with Crippen molar-refractivity contribution in [2.24, 2.45) is 0 Å². The lowest BCUT2D eigenvalue weighted by Crippen LogP contribution is -2.14. The molecule has 0 spiro atoms. The standard InChI is InChI=1S/C19H22N4O3S/c1-12-8-16(14(3)23(12)13(2)10-25-4)17(24)11-27-19-22-21-18(26-19)15-6-5-7-20-9-15/h5-9,13H,10-11H2,1-4H3/t13-/m0/s1. The maximum atomic E-state index is 12.7. The average Bonchev–Trinajstić information content (AvgIpc) is 3.25. The van der Waals surface area contributed by atoms with Crippen LogP contribution < -0.4 is 0 Å². The molecule has 0 aliphatic heterocycles. The van der Waals surface area contributed by atoms with Crippen LogP contribution in [-0.2, 0) is 4.74 Å².